The number of morpholine rings is 1. The Hall–Kier alpha value is -3.08. The smallest absolute Gasteiger partial charge is 0.321 e. The Kier molecular flexibility index (Phi) is 6.04. The van der Waals surface area contributed by atoms with Crippen molar-refractivity contribution in [1.29, 1.82) is 0 Å². The van der Waals surface area contributed by atoms with Crippen molar-refractivity contribution in [3.8, 4) is 12.0 Å². The number of hydrogen-bond donors (Lipinski definition) is 1. The molecule has 1 N–H and O–H groups in total. The Balaban J connectivity index is 1.57. The lowest BCUT2D eigenvalue weighted by atomic mass is 10.4. The lowest BCUT2D eigenvalue weighted by Crippen LogP contribution is -2.38. The van der Waals surface area contributed by atoms with E-state index in [-0.39, 0.29) is 31.1 Å². The zero-order chi connectivity index (χ0) is 18.2. The summed E-state index contributed by atoms with van der Waals surface area (Å²) < 4.78 is 15.6. The van der Waals surface area contributed by atoms with Gasteiger partial charge in [0.1, 0.15) is 0 Å². The molecule has 26 heavy (non-hydrogen) atoms. The van der Waals surface area contributed by atoms with E-state index < -0.39 is 0 Å². The monoisotopic (exact) mass is 361 g/mol. The van der Waals surface area contributed by atoms with E-state index in [2.05, 4.69) is 30.2 Å². The lowest BCUT2D eigenvalue weighted by Gasteiger charge is -2.26. The summed E-state index contributed by atoms with van der Waals surface area (Å²) in [5, 5.41) is 2.68. The molecule has 138 valence electrons. The minimum atomic E-state index is -0.343. The van der Waals surface area contributed by atoms with Gasteiger partial charge in [-0.1, -0.05) is 0 Å². The van der Waals surface area contributed by atoms with Crippen molar-refractivity contribution < 1.29 is 19.0 Å². The number of ether oxygens (including phenoxy) is 3. The van der Waals surface area contributed by atoms with Crippen molar-refractivity contribution >= 4 is 11.9 Å². The molecule has 1 fully saturated rings. The molecular formula is C15H19N7O4. The summed E-state index contributed by atoms with van der Waals surface area (Å²) in [5.41, 5.74) is 0. The first kappa shape index (κ1) is 17.7. The van der Waals surface area contributed by atoms with Gasteiger partial charge in [0, 0.05) is 25.5 Å². The molecule has 0 spiro atoms. The molecule has 11 heteroatoms. The molecule has 0 radical (unpaired) electrons. The Morgan fingerprint density at radius 3 is 2.69 bits per heavy atom. The number of methoxy groups -OCH3 is 1. The second-order valence-corrected chi connectivity index (χ2v) is 5.23. The maximum Gasteiger partial charge on any atom is 0.321 e. The van der Waals surface area contributed by atoms with Crippen molar-refractivity contribution in [3.63, 3.8) is 0 Å². The molecule has 0 aromatic carbocycles. The van der Waals surface area contributed by atoms with Crippen LogP contribution in [0.3, 0.4) is 0 Å². The summed E-state index contributed by atoms with van der Waals surface area (Å²) in [7, 11) is 1.48. The summed E-state index contributed by atoms with van der Waals surface area (Å²) in [5.74, 6) is 0.547. The molecule has 2 aromatic heterocycles. The first-order valence-corrected chi connectivity index (χ1v) is 8.03. The Morgan fingerprint density at radius 2 is 1.96 bits per heavy atom. The van der Waals surface area contributed by atoms with Crippen LogP contribution in [-0.2, 0) is 16.1 Å². The van der Waals surface area contributed by atoms with Gasteiger partial charge in [-0.05, 0) is 6.07 Å². The minimum Gasteiger partial charge on any atom is -0.467 e. The third-order valence-electron chi connectivity index (χ3n) is 3.44. The third-order valence-corrected chi connectivity index (χ3v) is 3.44. The summed E-state index contributed by atoms with van der Waals surface area (Å²) in [6.45, 7) is 2.50. The van der Waals surface area contributed by atoms with E-state index in [1.807, 2.05) is 4.90 Å². The van der Waals surface area contributed by atoms with Gasteiger partial charge in [0.15, 0.2) is 12.4 Å². The van der Waals surface area contributed by atoms with Gasteiger partial charge in [-0.2, -0.15) is 15.0 Å². The topological polar surface area (TPSA) is 124 Å². The number of aromatic nitrogens is 5. The average molecular weight is 361 g/mol. The quantitative estimate of drug-likeness (QED) is 0.670. The second kappa shape index (κ2) is 8.85. The standard InChI is InChI=1S/C15H19N7O4/c1-24-15-20-11(19-13(21-15)22-5-7-25-8-6-22)9-18-12(23)10-26-14-16-3-2-4-17-14/h2-4H,5-10H2,1H3,(H,18,23). The van der Waals surface area contributed by atoms with E-state index in [0.29, 0.717) is 38.1 Å². The van der Waals surface area contributed by atoms with Crippen LogP contribution < -0.4 is 19.7 Å². The molecule has 11 nitrogen and oxygen atoms in total. The highest BCUT2D eigenvalue weighted by molar-refractivity contribution is 5.77. The predicted molar refractivity (Wildman–Crippen MR) is 88.8 cm³/mol. The predicted octanol–water partition coefficient (Wildman–Crippen LogP) is -0.798. The highest BCUT2D eigenvalue weighted by atomic mass is 16.5. The summed E-state index contributed by atoms with van der Waals surface area (Å²) in [6.07, 6.45) is 3.06. The lowest BCUT2D eigenvalue weighted by molar-refractivity contribution is -0.123. The minimum absolute atomic E-state index is 0.119. The van der Waals surface area contributed by atoms with Crippen molar-refractivity contribution in [2.24, 2.45) is 0 Å². The van der Waals surface area contributed by atoms with Gasteiger partial charge < -0.3 is 24.4 Å². The van der Waals surface area contributed by atoms with Crippen LogP contribution in [0.5, 0.6) is 12.0 Å². The molecule has 0 unspecified atom stereocenters. The van der Waals surface area contributed by atoms with Gasteiger partial charge in [0.25, 0.3) is 5.91 Å². The molecule has 1 amide bonds. The van der Waals surface area contributed by atoms with E-state index in [9.17, 15) is 4.79 Å². The van der Waals surface area contributed by atoms with E-state index in [0.717, 1.165) is 0 Å². The molecule has 1 saturated heterocycles. The van der Waals surface area contributed by atoms with E-state index in [1.165, 1.54) is 19.5 Å². The number of carbonyl (C=O) groups excluding carboxylic acids is 1. The van der Waals surface area contributed by atoms with Gasteiger partial charge in [0.05, 0.1) is 26.9 Å². The Morgan fingerprint density at radius 1 is 1.19 bits per heavy atom. The maximum absolute atomic E-state index is 11.9. The van der Waals surface area contributed by atoms with Crippen LogP contribution in [-0.4, -0.2) is 70.8 Å². The van der Waals surface area contributed by atoms with Crippen molar-refractivity contribution in [3.05, 3.63) is 24.3 Å². The molecule has 1 aliphatic rings. The van der Waals surface area contributed by atoms with E-state index in [1.54, 1.807) is 6.07 Å². The number of amides is 1. The number of rotatable bonds is 7. The van der Waals surface area contributed by atoms with E-state index >= 15 is 0 Å². The van der Waals surface area contributed by atoms with E-state index in [4.69, 9.17) is 14.2 Å². The molecule has 0 aliphatic carbocycles. The number of nitrogens with one attached hydrogen (secondary N) is 1. The summed E-state index contributed by atoms with van der Waals surface area (Å²) in [6, 6.07) is 1.99. The molecule has 3 rings (SSSR count). The van der Waals surface area contributed by atoms with Crippen LogP contribution in [0, 0.1) is 0 Å². The summed E-state index contributed by atoms with van der Waals surface area (Å²) in [4.78, 5) is 34.4. The fraction of sp³-hybridized carbons (Fsp3) is 0.467. The molecule has 1 aliphatic heterocycles. The number of carbonyl (C=O) groups is 1. The Labute approximate surface area is 149 Å². The first-order valence-electron chi connectivity index (χ1n) is 8.03. The molecule has 0 bridgehead atoms. The third kappa shape index (κ3) is 4.96. The van der Waals surface area contributed by atoms with Crippen LogP contribution in [0.2, 0.25) is 0 Å². The number of nitrogens with zero attached hydrogens (tertiary/aromatic N) is 6. The van der Waals surface area contributed by atoms with Crippen LogP contribution in [0.25, 0.3) is 0 Å². The van der Waals surface area contributed by atoms with Gasteiger partial charge in [-0.15, -0.1) is 0 Å². The zero-order valence-electron chi connectivity index (χ0n) is 14.3. The van der Waals surface area contributed by atoms with Crippen LogP contribution >= 0.6 is 0 Å². The van der Waals surface area contributed by atoms with Crippen LogP contribution in [0.1, 0.15) is 5.82 Å². The normalized spacial score (nSPS) is 14.0. The number of anilines is 1. The fourth-order valence-corrected chi connectivity index (χ4v) is 2.18. The van der Waals surface area contributed by atoms with Crippen molar-refractivity contribution in [2.45, 2.75) is 6.54 Å². The Bertz CT molecular complexity index is 725. The zero-order valence-corrected chi connectivity index (χ0v) is 14.3. The second-order valence-electron chi connectivity index (χ2n) is 5.23. The summed E-state index contributed by atoms with van der Waals surface area (Å²) >= 11 is 0. The fourth-order valence-electron chi connectivity index (χ4n) is 2.18. The molecular weight excluding hydrogens is 342 g/mol. The molecule has 3 heterocycles. The van der Waals surface area contributed by atoms with Crippen molar-refractivity contribution in [2.75, 3.05) is 44.9 Å². The largest absolute Gasteiger partial charge is 0.467 e. The van der Waals surface area contributed by atoms with Gasteiger partial charge in [0.2, 0.25) is 5.95 Å². The first-order chi connectivity index (χ1) is 12.7. The van der Waals surface area contributed by atoms with Crippen LogP contribution in [0.15, 0.2) is 18.5 Å². The molecule has 0 saturated carbocycles. The van der Waals surface area contributed by atoms with Crippen molar-refractivity contribution in [1.82, 2.24) is 30.2 Å². The van der Waals surface area contributed by atoms with Gasteiger partial charge in [-0.25, -0.2) is 9.97 Å². The average Bonchev–Trinajstić information content (AvgIpc) is 2.72. The van der Waals surface area contributed by atoms with Gasteiger partial charge in [-0.3, -0.25) is 4.79 Å². The highest BCUT2D eigenvalue weighted by Crippen LogP contribution is 2.13. The van der Waals surface area contributed by atoms with Crippen LogP contribution in [0.4, 0.5) is 5.95 Å². The molecule has 2 aromatic rings. The number of hydrogen-bond acceptors (Lipinski definition) is 10. The molecule has 0 atom stereocenters. The maximum atomic E-state index is 11.9. The van der Waals surface area contributed by atoms with Gasteiger partial charge >= 0.3 is 12.0 Å². The SMILES string of the molecule is COc1nc(CNC(=O)COc2ncccn2)nc(N2CCOCC2)n1. The highest BCUT2D eigenvalue weighted by Gasteiger charge is 2.17.